The molecule has 0 saturated heterocycles. The van der Waals surface area contributed by atoms with Gasteiger partial charge >= 0.3 is 5.97 Å². The number of aromatic amines is 1. The number of fused-ring (bicyclic) bond motifs is 1. The lowest BCUT2D eigenvalue weighted by Gasteiger charge is -2.09. The summed E-state index contributed by atoms with van der Waals surface area (Å²) < 4.78 is 4.76. The number of rotatable bonds is 6. The van der Waals surface area contributed by atoms with E-state index in [4.69, 9.17) is 9.73 Å². The maximum absolute atomic E-state index is 11.7. The molecule has 0 amide bonds. The van der Waals surface area contributed by atoms with E-state index in [0.717, 1.165) is 23.3 Å². The van der Waals surface area contributed by atoms with E-state index in [2.05, 4.69) is 22.0 Å². The monoisotopic (exact) mass is 379 g/mol. The first-order chi connectivity index (χ1) is 13.4. The molecule has 0 unspecified atom stereocenters. The molecule has 3 rings (SSSR count). The van der Waals surface area contributed by atoms with Gasteiger partial charge in [-0.25, -0.2) is 4.79 Å². The Hall–Kier alpha value is -3.12. The Morgan fingerprint density at radius 3 is 2.50 bits per heavy atom. The number of nitrogens with one attached hydrogen (secondary N) is 1. The van der Waals surface area contributed by atoms with E-state index in [1.807, 2.05) is 33.2 Å². The topological polar surface area (TPSA) is 77.9 Å². The van der Waals surface area contributed by atoms with Crippen molar-refractivity contribution in [3.05, 3.63) is 59.2 Å². The lowest BCUT2D eigenvalue weighted by atomic mass is 10.0. The molecule has 2 N–H and O–H groups in total. The third-order valence-corrected chi connectivity index (χ3v) is 4.52. The van der Waals surface area contributed by atoms with Crippen molar-refractivity contribution in [3.8, 4) is 5.88 Å². The van der Waals surface area contributed by atoms with Crippen molar-refractivity contribution >= 4 is 28.3 Å². The summed E-state index contributed by atoms with van der Waals surface area (Å²) >= 11 is 0. The number of nitrogens with zero attached hydrogens (tertiary/aromatic N) is 2. The number of aromatic hydroxyl groups is 1. The largest absolute Gasteiger partial charge is 0.494 e. The van der Waals surface area contributed by atoms with Crippen molar-refractivity contribution in [3.63, 3.8) is 0 Å². The highest BCUT2D eigenvalue weighted by molar-refractivity contribution is 6.14. The van der Waals surface area contributed by atoms with Gasteiger partial charge in [0.1, 0.15) is 0 Å². The number of H-pyrrole nitrogens is 1. The maximum atomic E-state index is 11.7. The van der Waals surface area contributed by atoms with Crippen LogP contribution in [0.4, 0.5) is 5.69 Å². The van der Waals surface area contributed by atoms with Crippen molar-refractivity contribution in [1.82, 2.24) is 9.88 Å². The molecule has 1 aromatic heterocycles. The first-order valence-corrected chi connectivity index (χ1v) is 9.17. The summed E-state index contributed by atoms with van der Waals surface area (Å²) in [5, 5.41) is 11.3. The fourth-order valence-corrected chi connectivity index (χ4v) is 3.23. The fourth-order valence-electron chi connectivity index (χ4n) is 3.23. The molecular formula is C22H25N3O3. The molecule has 0 fully saturated rings. The van der Waals surface area contributed by atoms with E-state index >= 15 is 0 Å². The number of aliphatic imine (C=N–C) groups is 1. The molecule has 0 atom stereocenters. The van der Waals surface area contributed by atoms with Gasteiger partial charge in [-0.3, -0.25) is 4.99 Å². The molecular weight excluding hydrogens is 354 g/mol. The van der Waals surface area contributed by atoms with Gasteiger partial charge < -0.3 is 19.7 Å². The molecule has 0 radical (unpaired) electrons. The second-order valence-electron chi connectivity index (χ2n) is 6.92. The standard InChI is InChI=1S/C22H25N3O3/c1-5-18(23-16-9-6-14(7-10-16)13-25(2)3)20-17-11-8-15(22(27)28-4)12-19(17)24-21(20)26/h6-12,24,26H,5,13H2,1-4H3. The maximum Gasteiger partial charge on any atom is 0.337 e. The van der Waals surface area contributed by atoms with Crippen LogP contribution in [0.25, 0.3) is 10.9 Å². The molecule has 1 heterocycles. The van der Waals surface area contributed by atoms with E-state index in [1.165, 1.54) is 12.7 Å². The lowest BCUT2D eigenvalue weighted by Crippen LogP contribution is -2.10. The average Bonchev–Trinajstić information content (AvgIpc) is 3.01. The van der Waals surface area contributed by atoms with E-state index in [0.29, 0.717) is 23.1 Å². The summed E-state index contributed by atoms with van der Waals surface area (Å²) in [6.45, 7) is 2.87. The highest BCUT2D eigenvalue weighted by atomic mass is 16.5. The number of carbonyl (C=O) groups is 1. The Morgan fingerprint density at radius 2 is 1.89 bits per heavy atom. The van der Waals surface area contributed by atoms with Crippen LogP contribution in [0.5, 0.6) is 5.88 Å². The second kappa shape index (κ2) is 8.27. The number of hydrogen-bond donors (Lipinski definition) is 2. The first kappa shape index (κ1) is 19.6. The van der Waals surface area contributed by atoms with Crippen LogP contribution in [0.3, 0.4) is 0 Å². The number of esters is 1. The molecule has 0 aliphatic rings. The zero-order valence-corrected chi connectivity index (χ0v) is 16.6. The van der Waals surface area contributed by atoms with Crippen LogP contribution in [0.2, 0.25) is 0 Å². The zero-order chi connectivity index (χ0) is 20.3. The lowest BCUT2D eigenvalue weighted by molar-refractivity contribution is 0.0601. The Balaban J connectivity index is 1.99. The third kappa shape index (κ3) is 4.07. The number of hydrogen-bond acceptors (Lipinski definition) is 5. The van der Waals surface area contributed by atoms with Gasteiger partial charge in [-0.05, 0) is 50.3 Å². The summed E-state index contributed by atoms with van der Waals surface area (Å²) in [7, 11) is 5.41. The van der Waals surface area contributed by atoms with Crippen LogP contribution in [0, 0.1) is 0 Å². The second-order valence-corrected chi connectivity index (χ2v) is 6.92. The van der Waals surface area contributed by atoms with E-state index in [1.54, 1.807) is 18.2 Å². The predicted molar refractivity (Wildman–Crippen MR) is 112 cm³/mol. The van der Waals surface area contributed by atoms with Gasteiger partial charge in [-0.15, -0.1) is 0 Å². The molecule has 28 heavy (non-hydrogen) atoms. The van der Waals surface area contributed by atoms with Crippen molar-refractivity contribution < 1.29 is 14.6 Å². The van der Waals surface area contributed by atoms with Gasteiger partial charge in [-0.2, -0.15) is 0 Å². The van der Waals surface area contributed by atoms with Gasteiger partial charge in [0.15, 0.2) is 5.88 Å². The average molecular weight is 379 g/mol. The summed E-state index contributed by atoms with van der Waals surface area (Å²) in [4.78, 5) is 21.6. The molecule has 6 heteroatoms. The summed E-state index contributed by atoms with van der Waals surface area (Å²) in [5.74, 6) is -0.374. The van der Waals surface area contributed by atoms with Crippen molar-refractivity contribution in [2.45, 2.75) is 19.9 Å². The number of benzene rings is 2. The molecule has 3 aromatic rings. The zero-order valence-electron chi connectivity index (χ0n) is 16.6. The number of ether oxygens (including phenoxy) is 1. The Kier molecular flexibility index (Phi) is 5.80. The number of methoxy groups -OCH3 is 1. The molecule has 2 aromatic carbocycles. The molecule has 0 bridgehead atoms. The Bertz CT molecular complexity index is 1020. The van der Waals surface area contributed by atoms with Crippen molar-refractivity contribution in [2.75, 3.05) is 21.2 Å². The van der Waals surface area contributed by atoms with E-state index in [-0.39, 0.29) is 5.88 Å². The summed E-state index contributed by atoms with van der Waals surface area (Å²) in [6, 6.07) is 13.2. The first-order valence-electron chi connectivity index (χ1n) is 9.17. The van der Waals surface area contributed by atoms with Crippen LogP contribution < -0.4 is 0 Å². The predicted octanol–water partition coefficient (Wildman–Crippen LogP) is 4.25. The van der Waals surface area contributed by atoms with E-state index < -0.39 is 5.97 Å². The van der Waals surface area contributed by atoms with Crippen LogP contribution in [-0.2, 0) is 11.3 Å². The normalized spacial score (nSPS) is 12.0. The van der Waals surface area contributed by atoms with Gasteiger partial charge in [-0.1, -0.05) is 25.1 Å². The molecule has 6 nitrogen and oxygen atoms in total. The number of carbonyl (C=O) groups excluding carboxylic acids is 1. The van der Waals surface area contributed by atoms with Crippen LogP contribution in [0.15, 0.2) is 47.5 Å². The highest BCUT2D eigenvalue weighted by Gasteiger charge is 2.17. The minimum Gasteiger partial charge on any atom is -0.494 e. The van der Waals surface area contributed by atoms with E-state index in [9.17, 15) is 9.90 Å². The van der Waals surface area contributed by atoms with Crippen LogP contribution in [-0.4, -0.2) is 47.9 Å². The quantitative estimate of drug-likeness (QED) is 0.496. The third-order valence-electron chi connectivity index (χ3n) is 4.52. The van der Waals surface area contributed by atoms with Crippen LogP contribution in [0.1, 0.15) is 34.8 Å². The molecule has 0 spiro atoms. The summed E-state index contributed by atoms with van der Waals surface area (Å²) in [5.41, 5.74) is 4.57. The molecule has 0 saturated carbocycles. The molecule has 0 aliphatic carbocycles. The molecule has 146 valence electrons. The Labute approximate surface area is 164 Å². The Morgan fingerprint density at radius 1 is 1.18 bits per heavy atom. The van der Waals surface area contributed by atoms with Gasteiger partial charge in [0.25, 0.3) is 0 Å². The highest BCUT2D eigenvalue weighted by Crippen LogP contribution is 2.31. The minimum atomic E-state index is -0.417. The minimum absolute atomic E-state index is 0.0434. The van der Waals surface area contributed by atoms with Gasteiger partial charge in [0, 0.05) is 17.4 Å². The SMILES string of the molecule is CCC(=Nc1ccc(CN(C)C)cc1)c1c(O)[nH]c2cc(C(=O)OC)ccc12. The van der Waals surface area contributed by atoms with Crippen LogP contribution >= 0.6 is 0 Å². The van der Waals surface area contributed by atoms with Crippen molar-refractivity contribution in [2.24, 2.45) is 4.99 Å². The molecule has 0 aliphatic heterocycles. The summed E-state index contributed by atoms with van der Waals surface area (Å²) in [6.07, 6.45) is 0.652. The fraction of sp³-hybridized carbons (Fsp3) is 0.273. The van der Waals surface area contributed by atoms with Crippen molar-refractivity contribution in [1.29, 1.82) is 0 Å². The van der Waals surface area contributed by atoms with Gasteiger partial charge in [0.2, 0.25) is 0 Å². The number of aromatic nitrogens is 1. The smallest absolute Gasteiger partial charge is 0.337 e. The van der Waals surface area contributed by atoms with Gasteiger partial charge in [0.05, 0.1) is 29.6 Å².